The second-order valence-corrected chi connectivity index (χ2v) is 5.58. The zero-order valence-electron chi connectivity index (χ0n) is 12.7. The second-order valence-electron chi connectivity index (χ2n) is 5.58. The van der Waals surface area contributed by atoms with E-state index in [2.05, 4.69) is 5.32 Å². The van der Waals surface area contributed by atoms with E-state index in [0.29, 0.717) is 12.3 Å². The molecule has 0 unspecified atom stereocenters. The van der Waals surface area contributed by atoms with Crippen LogP contribution in [0.3, 0.4) is 0 Å². The predicted molar refractivity (Wildman–Crippen MR) is 76.5 cm³/mol. The van der Waals surface area contributed by atoms with Gasteiger partial charge in [-0.1, -0.05) is 0 Å². The largest absolute Gasteiger partial charge is 0.467 e. The van der Waals surface area contributed by atoms with Gasteiger partial charge in [-0.3, -0.25) is 14.4 Å². The van der Waals surface area contributed by atoms with E-state index in [1.165, 1.54) is 6.26 Å². The van der Waals surface area contributed by atoms with E-state index >= 15 is 0 Å². The fraction of sp³-hybridized carbons (Fsp3) is 0.533. The summed E-state index contributed by atoms with van der Waals surface area (Å²) in [6.07, 6.45) is 1.64. The van der Waals surface area contributed by atoms with Crippen LogP contribution in [-0.2, 0) is 25.7 Å². The van der Waals surface area contributed by atoms with Crippen molar-refractivity contribution in [3.05, 3.63) is 24.2 Å². The minimum Gasteiger partial charge on any atom is -0.467 e. The van der Waals surface area contributed by atoms with E-state index in [1.54, 1.807) is 17.0 Å². The molecule has 1 N–H and O–H groups in total. The minimum atomic E-state index is -0.533. The molecule has 1 aliphatic rings. The lowest BCUT2D eigenvalue weighted by Gasteiger charge is -2.15. The van der Waals surface area contributed by atoms with Crippen molar-refractivity contribution in [2.45, 2.75) is 32.9 Å². The summed E-state index contributed by atoms with van der Waals surface area (Å²) in [5, 5.41) is 2.63. The highest BCUT2D eigenvalue weighted by Crippen LogP contribution is 2.21. The molecule has 1 saturated heterocycles. The Bertz CT molecular complexity index is 538. The summed E-state index contributed by atoms with van der Waals surface area (Å²) in [4.78, 5) is 36.8. The maximum absolute atomic E-state index is 11.9. The average molecular weight is 308 g/mol. The van der Waals surface area contributed by atoms with Crippen molar-refractivity contribution in [2.24, 2.45) is 5.92 Å². The lowest BCUT2D eigenvalue weighted by atomic mass is 10.1. The molecule has 0 aliphatic carbocycles. The Kier molecular flexibility index (Phi) is 5.19. The zero-order chi connectivity index (χ0) is 16.1. The SMILES string of the molecule is CC(C)NC(=O)COC(=O)[C@@H]1CC(=O)N(Cc2ccco2)C1. The third kappa shape index (κ3) is 4.34. The van der Waals surface area contributed by atoms with Gasteiger partial charge in [0.2, 0.25) is 5.91 Å². The number of nitrogens with zero attached hydrogens (tertiary/aromatic N) is 1. The second kappa shape index (κ2) is 7.11. The highest BCUT2D eigenvalue weighted by molar-refractivity contribution is 5.88. The van der Waals surface area contributed by atoms with Crippen molar-refractivity contribution in [2.75, 3.05) is 13.2 Å². The molecule has 2 rings (SSSR count). The number of ether oxygens (including phenoxy) is 1. The third-order valence-corrected chi connectivity index (χ3v) is 3.27. The van der Waals surface area contributed by atoms with Gasteiger partial charge in [-0.2, -0.15) is 0 Å². The van der Waals surface area contributed by atoms with E-state index in [4.69, 9.17) is 9.15 Å². The van der Waals surface area contributed by atoms with Crippen molar-refractivity contribution in [1.82, 2.24) is 10.2 Å². The maximum Gasteiger partial charge on any atom is 0.311 e. The molecule has 7 nitrogen and oxygen atoms in total. The molecule has 2 amide bonds. The Morgan fingerprint density at radius 2 is 2.27 bits per heavy atom. The van der Waals surface area contributed by atoms with Gasteiger partial charge >= 0.3 is 5.97 Å². The number of amides is 2. The monoisotopic (exact) mass is 308 g/mol. The van der Waals surface area contributed by atoms with Crippen LogP contribution in [-0.4, -0.2) is 41.9 Å². The number of likely N-dealkylation sites (tertiary alicyclic amines) is 1. The van der Waals surface area contributed by atoms with Gasteiger partial charge < -0.3 is 19.4 Å². The van der Waals surface area contributed by atoms with Crippen molar-refractivity contribution in [3.8, 4) is 0 Å². The van der Waals surface area contributed by atoms with Crippen LogP contribution >= 0.6 is 0 Å². The molecule has 1 fully saturated rings. The van der Waals surface area contributed by atoms with E-state index < -0.39 is 11.9 Å². The Balaban J connectivity index is 1.79. The molecule has 7 heteroatoms. The lowest BCUT2D eigenvalue weighted by Crippen LogP contribution is -2.35. The van der Waals surface area contributed by atoms with Gasteiger partial charge in [-0.25, -0.2) is 0 Å². The van der Waals surface area contributed by atoms with Gasteiger partial charge in [0.1, 0.15) is 5.76 Å². The summed E-state index contributed by atoms with van der Waals surface area (Å²) >= 11 is 0. The van der Waals surface area contributed by atoms with Crippen LogP contribution in [0.25, 0.3) is 0 Å². The zero-order valence-corrected chi connectivity index (χ0v) is 12.7. The highest BCUT2D eigenvalue weighted by Gasteiger charge is 2.35. The Labute approximate surface area is 128 Å². The molecule has 0 saturated carbocycles. The van der Waals surface area contributed by atoms with Gasteiger partial charge in [0.15, 0.2) is 6.61 Å². The summed E-state index contributed by atoms with van der Waals surface area (Å²) in [6.45, 7) is 3.94. The smallest absolute Gasteiger partial charge is 0.311 e. The van der Waals surface area contributed by atoms with Crippen molar-refractivity contribution in [3.63, 3.8) is 0 Å². The minimum absolute atomic E-state index is 0.0111. The summed E-state index contributed by atoms with van der Waals surface area (Å²) in [5.74, 6) is -0.854. The maximum atomic E-state index is 11.9. The van der Waals surface area contributed by atoms with Gasteiger partial charge in [-0.15, -0.1) is 0 Å². The molecular weight excluding hydrogens is 288 g/mol. The summed E-state index contributed by atoms with van der Waals surface area (Å²) in [6, 6.07) is 3.51. The first-order chi connectivity index (χ1) is 10.5. The van der Waals surface area contributed by atoms with Crippen LogP contribution in [0.5, 0.6) is 0 Å². The predicted octanol–water partition coefficient (Wildman–Crippen LogP) is 0.696. The normalized spacial score (nSPS) is 17.9. The number of hydrogen-bond acceptors (Lipinski definition) is 5. The summed E-state index contributed by atoms with van der Waals surface area (Å²) < 4.78 is 10.2. The summed E-state index contributed by atoms with van der Waals surface area (Å²) in [7, 11) is 0. The molecule has 1 aromatic heterocycles. The van der Waals surface area contributed by atoms with Crippen LogP contribution in [0.4, 0.5) is 0 Å². The van der Waals surface area contributed by atoms with E-state index in [9.17, 15) is 14.4 Å². The first kappa shape index (κ1) is 16.1. The van der Waals surface area contributed by atoms with Crippen molar-refractivity contribution in [1.29, 1.82) is 0 Å². The first-order valence-corrected chi connectivity index (χ1v) is 7.22. The number of furan rings is 1. The molecule has 1 atom stereocenters. The molecule has 0 spiro atoms. The van der Waals surface area contributed by atoms with Crippen LogP contribution < -0.4 is 5.32 Å². The van der Waals surface area contributed by atoms with Crippen LogP contribution in [0.2, 0.25) is 0 Å². The Morgan fingerprint density at radius 1 is 1.50 bits per heavy atom. The molecule has 0 bridgehead atoms. The molecular formula is C15H20N2O5. The number of nitrogens with one attached hydrogen (secondary N) is 1. The van der Waals surface area contributed by atoms with Gasteiger partial charge in [0.05, 0.1) is 18.7 Å². The standard InChI is InChI=1S/C15H20N2O5/c1-10(2)16-13(18)9-22-15(20)11-6-14(19)17(7-11)8-12-4-3-5-21-12/h3-5,10-11H,6-9H2,1-2H3,(H,16,18)/t11-/m1/s1. The molecule has 1 aromatic rings. The number of carbonyl (C=O) groups is 3. The molecule has 1 aliphatic heterocycles. The Morgan fingerprint density at radius 3 is 2.91 bits per heavy atom. The molecule has 0 radical (unpaired) electrons. The Hall–Kier alpha value is -2.31. The van der Waals surface area contributed by atoms with Crippen molar-refractivity contribution >= 4 is 17.8 Å². The molecule has 22 heavy (non-hydrogen) atoms. The fourth-order valence-electron chi connectivity index (χ4n) is 2.29. The third-order valence-electron chi connectivity index (χ3n) is 3.27. The molecule has 2 heterocycles. The number of esters is 1. The number of carbonyl (C=O) groups excluding carboxylic acids is 3. The number of hydrogen-bond donors (Lipinski definition) is 1. The van der Waals surface area contributed by atoms with Crippen LogP contribution in [0.15, 0.2) is 22.8 Å². The quantitative estimate of drug-likeness (QED) is 0.781. The molecule has 0 aromatic carbocycles. The van der Waals surface area contributed by atoms with E-state index in [1.807, 2.05) is 13.8 Å². The average Bonchev–Trinajstić information content (AvgIpc) is 3.06. The topological polar surface area (TPSA) is 88.8 Å². The lowest BCUT2D eigenvalue weighted by molar-refractivity contribution is -0.152. The van der Waals surface area contributed by atoms with E-state index in [0.717, 1.165) is 0 Å². The first-order valence-electron chi connectivity index (χ1n) is 7.22. The van der Waals surface area contributed by atoms with Crippen molar-refractivity contribution < 1.29 is 23.5 Å². The van der Waals surface area contributed by atoms with Gasteiger partial charge in [-0.05, 0) is 26.0 Å². The highest BCUT2D eigenvalue weighted by atomic mass is 16.5. The number of rotatable bonds is 6. The van der Waals surface area contributed by atoms with Crippen LogP contribution in [0.1, 0.15) is 26.0 Å². The fourth-order valence-corrected chi connectivity index (χ4v) is 2.29. The van der Waals surface area contributed by atoms with Gasteiger partial charge in [0.25, 0.3) is 5.91 Å². The van der Waals surface area contributed by atoms with E-state index in [-0.39, 0.29) is 37.4 Å². The summed E-state index contributed by atoms with van der Waals surface area (Å²) in [5.41, 5.74) is 0. The van der Waals surface area contributed by atoms with Gasteiger partial charge in [0, 0.05) is 19.0 Å². The molecule has 120 valence electrons. The van der Waals surface area contributed by atoms with Crippen LogP contribution in [0, 0.1) is 5.92 Å².